The zero-order valence-corrected chi connectivity index (χ0v) is 10.5. The number of carbonyl (C=O) groups is 1. The zero-order valence-electron chi connectivity index (χ0n) is 10.5. The van der Waals surface area contributed by atoms with Crippen LogP contribution in [0.1, 0.15) is 27.7 Å². The van der Waals surface area contributed by atoms with Gasteiger partial charge in [-0.15, -0.1) is 0 Å². The van der Waals surface area contributed by atoms with Crippen molar-refractivity contribution in [1.29, 1.82) is 0 Å². The predicted octanol–water partition coefficient (Wildman–Crippen LogP) is 0.578. The van der Waals surface area contributed by atoms with Crippen molar-refractivity contribution in [1.82, 2.24) is 10.2 Å². The second kappa shape index (κ2) is 4.59. The van der Waals surface area contributed by atoms with Gasteiger partial charge in [0.2, 0.25) is 0 Å². The third-order valence-corrected chi connectivity index (χ3v) is 2.22. The summed E-state index contributed by atoms with van der Waals surface area (Å²) in [5, 5.41) is 12.2. The Kier molecular flexibility index (Phi) is 3.80. The lowest BCUT2D eigenvalue weighted by Gasteiger charge is -2.44. The van der Waals surface area contributed by atoms with Crippen LogP contribution in [-0.2, 0) is 4.74 Å². The maximum absolute atomic E-state index is 11.3. The number of ether oxygens (including phenoxy) is 1. The van der Waals surface area contributed by atoms with Crippen molar-refractivity contribution in [3.63, 3.8) is 0 Å². The molecule has 1 amide bonds. The van der Waals surface area contributed by atoms with E-state index in [0.717, 1.165) is 6.54 Å². The first-order valence-corrected chi connectivity index (χ1v) is 5.60. The predicted molar refractivity (Wildman–Crippen MR) is 61.3 cm³/mol. The summed E-state index contributed by atoms with van der Waals surface area (Å²) in [5.74, 6) is 0. The summed E-state index contributed by atoms with van der Waals surface area (Å²) in [7, 11) is 0. The van der Waals surface area contributed by atoms with E-state index in [1.54, 1.807) is 0 Å². The van der Waals surface area contributed by atoms with Crippen LogP contribution in [0, 0.1) is 0 Å². The topological polar surface area (TPSA) is 61.8 Å². The molecule has 0 aromatic carbocycles. The largest absolute Gasteiger partial charge is 0.444 e. The minimum atomic E-state index is -0.550. The van der Waals surface area contributed by atoms with Crippen molar-refractivity contribution in [3.05, 3.63) is 0 Å². The number of aliphatic hydroxyl groups is 1. The highest BCUT2D eigenvalue weighted by molar-refractivity contribution is 5.67. The molecule has 0 aliphatic carbocycles. The van der Waals surface area contributed by atoms with Crippen LogP contribution in [0.15, 0.2) is 0 Å². The molecule has 1 aliphatic heterocycles. The van der Waals surface area contributed by atoms with Crippen LogP contribution in [-0.4, -0.2) is 53.5 Å². The lowest BCUT2D eigenvalue weighted by atomic mass is 9.97. The Morgan fingerprint density at radius 2 is 2.06 bits per heavy atom. The van der Waals surface area contributed by atoms with Gasteiger partial charge in [-0.3, -0.25) is 4.90 Å². The van der Waals surface area contributed by atoms with E-state index < -0.39 is 11.2 Å². The number of β-amino-alcohol motifs (C(OH)–C–C–N with tert-alkyl or cyclic N) is 1. The van der Waals surface area contributed by atoms with Crippen molar-refractivity contribution in [2.24, 2.45) is 0 Å². The van der Waals surface area contributed by atoms with Crippen LogP contribution < -0.4 is 5.32 Å². The van der Waals surface area contributed by atoms with Gasteiger partial charge in [-0.1, -0.05) is 0 Å². The van der Waals surface area contributed by atoms with Gasteiger partial charge >= 0.3 is 6.09 Å². The lowest BCUT2D eigenvalue weighted by molar-refractivity contribution is -0.0821. The Morgan fingerprint density at radius 3 is 2.50 bits per heavy atom. The standard InChI is InChI=1S/C11H22N2O3/c1-10(2,3)16-9(14)12-5-6-13-7-11(4,15)8-13/h15H,5-8H2,1-4H3,(H,12,14). The molecule has 0 aromatic heterocycles. The first-order chi connectivity index (χ1) is 7.18. The highest BCUT2D eigenvalue weighted by Crippen LogP contribution is 2.18. The van der Waals surface area contributed by atoms with E-state index in [0.29, 0.717) is 19.6 Å². The normalized spacial score (nSPS) is 20.1. The van der Waals surface area contributed by atoms with Crippen LogP contribution in [0.3, 0.4) is 0 Å². The van der Waals surface area contributed by atoms with Crippen molar-refractivity contribution in [3.8, 4) is 0 Å². The van der Waals surface area contributed by atoms with Gasteiger partial charge in [0.15, 0.2) is 0 Å². The van der Waals surface area contributed by atoms with Crippen LogP contribution in [0.2, 0.25) is 0 Å². The number of nitrogens with one attached hydrogen (secondary N) is 1. The number of hydrogen-bond acceptors (Lipinski definition) is 4. The molecule has 0 unspecified atom stereocenters. The third-order valence-electron chi connectivity index (χ3n) is 2.22. The van der Waals surface area contributed by atoms with Crippen molar-refractivity contribution in [2.75, 3.05) is 26.2 Å². The van der Waals surface area contributed by atoms with E-state index in [4.69, 9.17) is 4.74 Å². The summed E-state index contributed by atoms with van der Waals surface area (Å²) in [6, 6.07) is 0. The number of alkyl carbamates (subject to hydrolysis) is 1. The Balaban J connectivity index is 2.06. The van der Waals surface area contributed by atoms with Gasteiger partial charge < -0.3 is 15.2 Å². The molecule has 5 nitrogen and oxygen atoms in total. The fourth-order valence-corrected chi connectivity index (χ4v) is 1.71. The van der Waals surface area contributed by atoms with Crippen LogP contribution in [0.5, 0.6) is 0 Å². The van der Waals surface area contributed by atoms with E-state index in [-0.39, 0.29) is 6.09 Å². The van der Waals surface area contributed by atoms with Gasteiger partial charge in [0.05, 0.1) is 5.60 Å². The van der Waals surface area contributed by atoms with Gasteiger partial charge in [0.1, 0.15) is 5.60 Å². The third kappa shape index (κ3) is 4.81. The summed E-state index contributed by atoms with van der Waals surface area (Å²) in [6.45, 7) is 9.94. The van der Waals surface area contributed by atoms with E-state index in [2.05, 4.69) is 10.2 Å². The van der Waals surface area contributed by atoms with Gasteiger partial charge in [-0.05, 0) is 27.7 Å². The van der Waals surface area contributed by atoms with E-state index in [1.165, 1.54) is 0 Å². The first kappa shape index (κ1) is 13.3. The van der Waals surface area contributed by atoms with E-state index >= 15 is 0 Å². The lowest BCUT2D eigenvalue weighted by Crippen LogP contribution is -2.60. The summed E-state index contributed by atoms with van der Waals surface area (Å²) < 4.78 is 5.09. The molecule has 5 heteroatoms. The van der Waals surface area contributed by atoms with Crippen LogP contribution in [0.25, 0.3) is 0 Å². The summed E-state index contributed by atoms with van der Waals surface area (Å²) >= 11 is 0. The summed E-state index contributed by atoms with van der Waals surface area (Å²) in [4.78, 5) is 13.4. The molecule has 0 radical (unpaired) electrons. The highest BCUT2D eigenvalue weighted by Gasteiger charge is 2.35. The van der Waals surface area contributed by atoms with E-state index in [9.17, 15) is 9.90 Å². The monoisotopic (exact) mass is 230 g/mol. The molecule has 1 fully saturated rings. The highest BCUT2D eigenvalue weighted by atomic mass is 16.6. The van der Waals surface area contributed by atoms with Crippen molar-refractivity contribution >= 4 is 6.09 Å². The van der Waals surface area contributed by atoms with Crippen LogP contribution >= 0.6 is 0 Å². The molecule has 0 atom stereocenters. The average molecular weight is 230 g/mol. The zero-order chi connectivity index (χ0) is 12.4. The molecule has 1 aliphatic rings. The first-order valence-electron chi connectivity index (χ1n) is 5.60. The Morgan fingerprint density at radius 1 is 1.50 bits per heavy atom. The van der Waals surface area contributed by atoms with Crippen molar-refractivity contribution < 1.29 is 14.6 Å². The van der Waals surface area contributed by atoms with Gasteiger partial charge in [-0.25, -0.2) is 4.79 Å². The average Bonchev–Trinajstić information content (AvgIpc) is 1.96. The van der Waals surface area contributed by atoms with Crippen LogP contribution in [0.4, 0.5) is 4.79 Å². The number of amides is 1. The molecule has 94 valence electrons. The van der Waals surface area contributed by atoms with Gasteiger partial charge in [0.25, 0.3) is 0 Å². The second-order valence-corrected chi connectivity index (χ2v) is 5.64. The number of rotatable bonds is 3. The Labute approximate surface area is 96.8 Å². The molecular formula is C11H22N2O3. The maximum atomic E-state index is 11.3. The molecule has 1 heterocycles. The summed E-state index contributed by atoms with van der Waals surface area (Å²) in [6.07, 6.45) is -0.389. The molecule has 1 saturated heterocycles. The smallest absolute Gasteiger partial charge is 0.407 e. The molecule has 0 bridgehead atoms. The molecular weight excluding hydrogens is 208 g/mol. The Hall–Kier alpha value is -0.810. The fourth-order valence-electron chi connectivity index (χ4n) is 1.71. The Bertz CT molecular complexity index is 250. The van der Waals surface area contributed by atoms with Gasteiger partial charge in [0, 0.05) is 26.2 Å². The molecule has 1 rings (SSSR count). The minimum Gasteiger partial charge on any atom is -0.444 e. The van der Waals surface area contributed by atoms with E-state index in [1.807, 2.05) is 27.7 Å². The fraction of sp³-hybridized carbons (Fsp3) is 0.909. The number of hydrogen-bond donors (Lipinski definition) is 2. The number of likely N-dealkylation sites (tertiary alicyclic amines) is 1. The van der Waals surface area contributed by atoms with Gasteiger partial charge in [-0.2, -0.15) is 0 Å². The molecule has 2 N–H and O–H groups in total. The molecule has 0 aromatic rings. The molecule has 0 saturated carbocycles. The number of carbonyl (C=O) groups excluding carboxylic acids is 1. The SMILES string of the molecule is CC1(O)CN(CCNC(=O)OC(C)(C)C)C1. The minimum absolute atomic E-state index is 0.389. The second-order valence-electron chi connectivity index (χ2n) is 5.64. The number of nitrogens with zero attached hydrogens (tertiary/aromatic N) is 1. The maximum Gasteiger partial charge on any atom is 0.407 e. The molecule has 16 heavy (non-hydrogen) atoms. The quantitative estimate of drug-likeness (QED) is 0.744. The molecule has 0 spiro atoms. The van der Waals surface area contributed by atoms with Crippen molar-refractivity contribution in [2.45, 2.75) is 38.9 Å². The summed E-state index contributed by atoms with van der Waals surface area (Å²) in [5.41, 5.74) is -1.00.